The molecular formula is C30H14Se4. The van der Waals surface area contributed by atoms with E-state index in [4.69, 9.17) is 0 Å². The van der Waals surface area contributed by atoms with Crippen molar-refractivity contribution in [3.05, 3.63) is 82.7 Å². The van der Waals surface area contributed by atoms with Crippen LogP contribution in [-0.2, 0) is 0 Å². The molecule has 0 unspecified atom stereocenters. The Morgan fingerprint density at radius 1 is 0.324 bits per heavy atom. The summed E-state index contributed by atoms with van der Waals surface area (Å²) < 4.78 is 9.33. The van der Waals surface area contributed by atoms with Gasteiger partial charge in [0.15, 0.2) is 0 Å². The molecule has 5 aromatic carbocycles. The number of hydrogen-bond donors (Lipinski definition) is 0. The van der Waals surface area contributed by atoms with Gasteiger partial charge in [-0.15, -0.1) is 0 Å². The van der Waals surface area contributed by atoms with Crippen molar-refractivity contribution in [3.63, 3.8) is 0 Å². The Morgan fingerprint density at radius 2 is 0.706 bits per heavy atom. The van der Waals surface area contributed by atoms with Crippen LogP contribution in [0.2, 0.25) is 0 Å². The van der Waals surface area contributed by atoms with Gasteiger partial charge in [0.25, 0.3) is 0 Å². The molecule has 0 atom stereocenters. The maximum absolute atomic E-state index is 2.55. The fourth-order valence-corrected chi connectivity index (χ4v) is 13.7. The molecule has 0 N–H and O–H groups in total. The van der Waals surface area contributed by atoms with Gasteiger partial charge in [0.05, 0.1) is 0 Å². The van der Waals surface area contributed by atoms with E-state index < -0.39 is 0 Å². The third-order valence-electron chi connectivity index (χ3n) is 7.12. The van der Waals surface area contributed by atoms with E-state index in [9.17, 15) is 0 Å². The zero-order valence-corrected chi connectivity index (χ0v) is 24.6. The second kappa shape index (κ2) is 6.89. The van der Waals surface area contributed by atoms with E-state index in [1.54, 1.807) is 17.0 Å². The fraction of sp³-hybridized carbons (Fsp3) is 0. The molecule has 0 radical (unpaired) electrons. The van der Waals surface area contributed by atoms with Crippen LogP contribution in [0.5, 0.6) is 0 Å². The van der Waals surface area contributed by atoms with Crippen LogP contribution in [0.1, 0.15) is 0 Å². The van der Waals surface area contributed by atoms with Gasteiger partial charge in [-0.2, -0.15) is 0 Å². The molecule has 4 heterocycles. The van der Waals surface area contributed by atoms with E-state index in [1.807, 2.05) is 0 Å². The van der Waals surface area contributed by atoms with Crippen molar-refractivity contribution in [2.75, 3.05) is 0 Å². The van der Waals surface area contributed by atoms with Crippen LogP contribution in [0.25, 0.3) is 79.4 Å². The summed E-state index contributed by atoms with van der Waals surface area (Å²) in [6.45, 7) is 0. The van der Waals surface area contributed by atoms with Gasteiger partial charge in [0.1, 0.15) is 0 Å². The number of fused-ring (bicyclic) bond motifs is 10. The van der Waals surface area contributed by atoms with Crippen molar-refractivity contribution in [1.82, 2.24) is 0 Å². The molecule has 9 aromatic rings. The number of benzene rings is 5. The topological polar surface area (TPSA) is 0 Å². The van der Waals surface area contributed by atoms with Crippen LogP contribution in [-0.4, -0.2) is 58.0 Å². The molecule has 9 rings (SSSR count). The normalized spacial score (nSPS) is 12.7. The molecule has 4 aromatic heterocycles. The van der Waals surface area contributed by atoms with E-state index in [0.717, 1.165) is 0 Å². The summed E-state index contributed by atoms with van der Waals surface area (Å²) in [7, 11) is 0. The zero-order chi connectivity index (χ0) is 22.0. The summed E-state index contributed by atoms with van der Waals surface area (Å²) in [6.07, 6.45) is 0. The molecule has 0 spiro atoms. The summed E-state index contributed by atoms with van der Waals surface area (Å²) in [6, 6.07) is 29.4. The molecule has 0 aliphatic rings. The third-order valence-corrected chi connectivity index (χ3v) is 15.5. The zero-order valence-electron chi connectivity index (χ0n) is 17.7. The summed E-state index contributed by atoms with van der Waals surface area (Å²) in [5.74, 6) is 0. The Labute approximate surface area is 218 Å². The molecule has 0 saturated carbocycles. The van der Waals surface area contributed by atoms with E-state index in [2.05, 4.69) is 82.7 Å². The van der Waals surface area contributed by atoms with E-state index in [-0.39, 0.29) is 0 Å². The molecular weight excluding hydrogens is 676 g/mol. The first-order valence-corrected chi connectivity index (χ1v) is 18.3. The molecule has 0 nitrogen and oxygen atoms in total. The molecule has 158 valence electrons. The van der Waals surface area contributed by atoms with Crippen LogP contribution in [0.3, 0.4) is 0 Å². The summed E-state index contributed by atoms with van der Waals surface area (Å²) in [5, 5.41) is 14.5. The number of hydrogen-bond acceptors (Lipinski definition) is 0. The quantitative estimate of drug-likeness (QED) is 0.149. The van der Waals surface area contributed by atoms with Gasteiger partial charge in [-0.05, 0) is 0 Å². The first-order chi connectivity index (χ1) is 16.8. The summed E-state index contributed by atoms with van der Waals surface area (Å²) in [5.41, 5.74) is 0. The van der Waals surface area contributed by atoms with Crippen LogP contribution in [0.15, 0.2) is 82.7 Å². The fourth-order valence-electron chi connectivity index (χ4n) is 5.45. The minimum atomic E-state index is 0.386. The average molecular weight is 690 g/mol. The molecule has 0 saturated heterocycles. The van der Waals surface area contributed by atoms with Crippen molar-refractivity contribution in [3.8, 4) is 0 Å². The SMILES string of the molecule is c1cc2cc3cc4c(cc3cc2[se]1)[se]c1cc2c(cc14)[se]c1cc3cc4[se]ccc4cc3cc12. The Hall–Kier alpha value is -1.82. The van der Waals surface area contributed by atoms with Crippen LogP contribution >= 0.6 is 0 Å². The Balaban J connectivity index is 1.36. The van der Waals surface area contributed by atoms with Crippen molar-refractivity contribution in [1.29, 1.82) is 0 Å². The molecule has 0 aliphatic heterocycles. The van der Waals surface area contributed by atoms with Crippen molar-refractivity contribution in [2.45, 2.75) is 0 Å². The monoisotopic (exact) mass is 694 g/mol. The van der Waals surface area contributed by atoms with Crippen LogP contribution in [0.4, 0.5) is 0 Å². The van der Waals surface area contributed by atoms with Crippen LogP contribution < -0.4 is 0 Å². The molecule has 0 fully saturated rings. The van der Waals surface area contributed by atoms with Crippen molar-refractivity contribution in [2.24, 2.45) is 0 Å². The molecule has 0 bridgehead atoms. The molecule has 34 heavy (non-hydrogen) atoms. The molecule has 0 aliphatic carbocycles. The molecule has 0 amide bonds. The van der Waals surface area contributed by atoms with Gasteiger partial charge >= 0.3 is 220 Å². The van der Waals surface area contributed by atoms with Crippen molar-refractivity contribution < 1.29 is 0 Å². The summed E-state index contributed by atoms with van der Waals surface area (Å²) in [4.78, 5) is 4.70. The van der Waals surface area contributed by atoms with Gasteiger partial charge in [0, 0.05) is 0 Å². The van der Waals surface area contributed by atoms with Crippen molar-refractivity contribution >= 4 is 137 Å². The van der Waals surface area contributed by atoms with Gasteiger partial charge in [-0.1, -0.05) is 0 Å². The predicted molar refractivity (Wildman–Crippen MR) is 154 cm³/mol. The van der Waals surface area contributed by atoms with Gasteiger partial charge in [-0.3, -0.25) is 0 Å². The Morgan fingerprint density at radius 3 is 1.21 bits per heavy atom. The van der Waals surface area contributed by atoms with Gasteiger partial charge < -0.3 is 0 Å². The second-order valence-electron chi connectivity index (χ2n) is 9.06. The van der Waals surface area contributed by atoms with Gasteiger partial charge in [-0.25, -0.2) is 0 Å². The summed E-state index contributed by atoms with van der Waals surface area (Å²) >= 11 is 1.79. The Bertz CT molecular complexity index is 2120. The van der Waals surface area contributed by atoms with Gasteiger partial charge in [0.2, 0.25) is 0 Å². The first-order valence-electron chi connectivity index (χ1n) is 11.2. The minimum absolute atomic E-state index is 0.386. The maximum atomic E-state index is 2.55. The van der Waals surface area contributed by atoms with Crippen LogP contribution in [0, 0.1) is 0 Å². The van der Waals surface area contributed by atoms with E-state index in [1.165, 1.54) is 62.4 Å². The number of rotatable bonds is 0. The third kappa shape index (κ3) is 2.67. The molecule has 4 heteroatoms. The second-order valence-corrected chi connectivity index (χ2v) is 17.6. The predicted octanol–water partition coefficient (Wildman–Crippen LogP) is 7.14. The Kier molecular flexibility index (Phi) is 3.93. The first kappa shape index (κ1) is 19.4. The standard InChI is InChI=1S/C30H14Se4/c1-3-31-25-9-19-11-27-21(7-17(19)5-15(1)25)23-13-30-24(14-29(23)33-27)22-8-18-6-16-2-4-32-26(16)10-20(18)12-28(22)34-30/h1-14H. The average Bonchev–Trinajstić information content (AvgIpc) is 3.61. The van der Waals surface area contributed by atoms with E-state index in [0.29, 0.717) is 58.0 Å². The van der Waals surface area contributed by atoms with E-state index >= 15 is 0 Å².